The van der Waals surface area contributed by atoms with Crippen LogP contribution in [0.15, 0.2) is 0 Å². The molecule has 0 fully saturated rings. The molecule has 0 aliphatic heterocycles. The molecule has 0 atom stereocenters. The van der Waals surface area contributed by atoms with Crippen LogP contribution < -0.4 is 0 Å². The molecule has 0 nitrogen and oxygen atoms in total. The third-order valence-electron chi connectivity index (χ3n) is 0. The van der Waals surface area contributed by atoms with Crippen LogP contribution in [0.2, 0.25) is 0 Å². The van der Waals surface area contributed by atoms with Crippen molar-refractivity contribution in [1.82, 2.24) is 0 Å². The zero-order valence-electron chi connectivity index (χ0n) is 14.7. The summed E-state index contributed by atoms with van der Waals surface area (Å²) in [6, 6.07) is 0. The normalized spacial score (nSPS) is 8.39. The fourth-order valence-electron chi connectivity index (χ4n) is 0. The molecule has 0 heterocycles. The van der Waals surface area contributed by atoms with Crippen molar-refractivity contribution in [3.8, 4) is 0 Å². The van der Waals surface area contributed by atoms with Gasteiger partial charge < -0.3 is 0 Å². The Balaban J connectivity index is -0.0000000399. The van der Waals surface area contributed by atoms with E-state index in [2.05, 4.69) is 108 Å². The van der Waals surface area contributed by atoms with E-state index in [9.17, 15) is 0 Å². The molecule has 0 aromatic heterocycles. The quantitative estimate of drug-likeness (QED) is 0.354. The zero-order chi connectivity index (χ0) is 16.3. The molecular formula is C12H40BrNiP4+4. The third kappa shape index (κ3) is 807. The molecule has 121 valence electrons. The van der Waals surface area contributed by atoms with Gasteiger partial charge in [0.2, 0.25) is 0 Å². The Morgan fingerprint density at radius 3 is 0.389 bits per heavy atom. The summed E-state index contributed by atoms with van der Waals surface area (Å²) >= 11 is 6.25. The molecule has 0 radical (unpaired) electrons. The fourth-order valence-corrected chi connectivity index (χ4v) is 0. The summed E-state index contributed by atoms with van der Waals surface area (Å²) in [5, 5.41) is 0. The van der Waals surface area contributed by atoms with E-state index >= 15 is 0 Å². The molecule has 0 unspecified atom stereocenters. The summed E-state index contributed by atoms with van der Waals surface area (Å²) < 4.78 is 0. The molecule has 0 aromatic carbocycles. The maximum absolute atomic E-state index is 3.69. The van der Waals surface area contributed by atoms with Gasteiger partial charge in [-0.05, 0) is 31.7 Å². The van der Waals surface area contributed by atoms with Crippen LogP contribution >= 0.6 is 45.9 Å². The van der Waals surface area contributed by atoms with E-state index in [-0.39, 0.29) is 31.7 Å². The van der Waals surface area contributed by atoms with Gasteiger partial charge in [-0.1, -0.05) is 0 Å². The summed E-state index contributed by atoms with van der Waals surface area (Å²) in [5.74, 6) is 0. The van der Waals surface area contributed by atoms with Crippen LogP contribution in [0.25, 0.3) is 0 Å². The summed E-state index contributed by atoms with van der Waals surface area (Å²) in [6.07, 6.45) is 0. The van der Waals surface area contributed by atoms with E-state index in [1.54, 1.807) is 0 Å². The van der Waals surface area contributed by atoms with Crippen molar-refractivity contribution in [2.24, 2.45) is 0 Å². The maximum atomic E-state index is 3.69. The molecule has 0 amide bonds. The van der Waals surface area contributed by atoms with Crippen molar-refractivity contribution in [3.63, 3.8) is 0 Å². The summed E-state index contributed by atoms with van der Waals surface area (Å²) in [6.45, 7) is 27.2. The molecule has 0 aliphatic carbocycles. The second kappa shape index (κ2) is 31.9. The Bertz CT molecular complexity index is 67.1. The first-order chi connectivity index (χ1) is 7.93. The minimum absolute atomic E-state index is 0.120. The van der Waals surface area contributed by atoms with Gasteiger partial charge in [-0.25, -0.2) is 0 Å². The van der Waals surface area contributed by atoms with Crippen LogP contribution in [0, 0.1) is 0 Å². The fraction of sp³-hybridized carbons (Fsp3) is 1.00. The van der Waals surface area contributed by atoms with Crippen LogP contribution in [-0.2, 0) is 13.7 Å². The molecule has 0 saturated heterocycles. The predicted molar refractivity (Wildman–Crippen MR) is 113 cm³/mol. The van der Waals surface area contributed by atoms with Crippen molar-refractivity contribution in [1.29, 1.82) is 0 Å². The second-order valence-corrected chi connectivity index (χ2v) is 18.0. The molecule has 0 aliphatic rings. The van der Waals surface area contributed by atoms with Crippen LogP contribution in [0.4, 0.5) is 0 Å². The molecular weight excluding hydrogens is 407 g/mol. The van der Waals surface area contributed by atoms with Gasteiger partial charge in [0.05, 0.1) is 0 Å². The number of hydrogen-bond donors (Lipinski definition) is 0. The predicted octanol–water partition coefficient (Wildman–Crippen LogP) is 5.20. The Hall–Kier alpha value is 2.69. The minimum atomic E-state index is 0.120. The van der Waals surface area contributed by atoms with E-state index < -0.39 is 0 Å². The standard InChI is InChI=1S/4C3H9P.BrH.Ni/c4*1-4(2)3;;/h4*1-3H3;1H;/q;;;;;+1/p+3. The van der Waals surface area contributed by atoms with Gasteiger partial charge in [-0.3, -0.25) is 0 Å². The SMILES string of the molecule is C[PH+](C)C.C[PH+](C)C.C[PH+](C)C.C[PH+](C)C.[Ni][Br]. The molecule has 0 saturated carbocycles. The first-order valence-corrected chi connectivity index (χ1v) is 20.6. The number of rotatable bonds is 0. The Morgan fingerprint density at radius 1 is 0.389 bits per heavy atom. The van der Waals surface area contributed by atoms with Gasteiger partial charge in [-0.15, -0.1) is 0 Å². The first-order valence-electron chi connectivity index (χ1n) is 6.12. The number of halogens is 1. The summed E-state index contributed by atoms with van der Waals surface area (Å²) in [7, 11) is 0.481. The second-order valence-electron chi connectivity index (χ2n) is 6.00. The molecule has 0 aromatic rings. The molecule has 0 spiro atoms. The Morgan fingerprint density at radius 2 is 0.389 bits per heavy atom. The van der Waals surface area contributed by atoms with Crippen molar-refractivity contribution < 1.29 is 13.7 Å². The zero-order valence-corrected chi connectivity index (χ0v) is 21.3. The summed E-state index contributed by atoms with van der Waals surface area (Å²) in [4.78, 5) is 0. The average Bonchev–Trinajstić information content (AvgIpc) is 2.01. The Kier molecular flexibility index (Phi) is 57.7. The van der Waals surface area contributed by atoms with Gasteiger partial charge >= 0.3 is 27.9 Å². The molecule has 0 N–H and O–H groups in total. The van der Waals surface area contributed by atoms with Crippen molar-refractivity contribution >= 4 is 45.9 Å². The van der Waals surface area contributed by atoms with Crippen molar-refractivity contribution in [2.45, 2.75) is 0 Å². The Labute approximate surface area is 139 Å². The molecule has 0 rings (SSSR count). The molecule has 6 heteroatoms. The van der Waals surface area contributed by atoms with E-state index in [0.29, 0.717) is 0 Å². The van der Waals surface area contributed by atoms with Gasteiger partial charge in [0.1, 0.15) is 0 Å². The van der Waals surface area contributed by atoms with Crippen LogP contribution in [-0.4, -0.2) is 80.0 Å². The van der Waals surface area contributed by atoms with Crippen molar-refractivity contribution in [3.05, 3.63) is 0 Å². The van der Waals surface area contributed by atoms with Crippen molar-refractivity contribution in [2.75, 3.05) is 80.0 Å². The average molecular weight is 447 g/mol. The van der Waals surface area contributed by atoms with Crippen LogP contribution in [0.1, 0.15) is 0 Å². The van der Waals surface area contributed by atoms with Gasteiger partial charge in [0.25, 0.3) is 0 Å². The van der Waals surface area contributed by atoms with E-state index in [4.69, 9.17) is 0 Å². The first kappa shape index (κ1) is 32.6. The summed E-state index contributed by atoms with van der Waals surface area (Å²) in [5.41, 5.74) is 0. The molecule has 18 heavy (non-hydrogen) atoms. The van der Waals surface area contributed by atoms with Gasteiger partial charge in [-0.2, -0.15) is 0 Å². The van der Waals surface area contributed by atoms with E-state index in [1.807, 2.05) is 0 Å². The van der Waals surface area contributed by atoms with Gasteiger partial charge in [0, 0.05) is 80.0 Å². The van der Waals surface area contributed by atoms with Crippen LogP contribution in [0.3, 0.4) is 0 Å². The number of hydrogen-bond acceptors (Lipinski definition) is 0. The van der Waals surface area contributed by atoms with E-state index in [0.717, 1.165) is 0 Å². The van der Waals surface area contributed by atoms with Crippen LogP contribution in [0.5, 0.6) is 0 Å². The molecule has 0 bridgehead atoms. The third-order valence-corrected chi connectivity index (χ3v) is 0. The topological polar surface area (TPSA) is 0 Å². The monoisotopic (exact) mass is 445 g/mol. The van der Waals surface area contributed by atoms with Gasteiger partial charge in [0.15, 0.2) is 0 Å². The van der Waals surface area contributed by atoms with E-state index in [1.165, 1.54) is 0 Å².